The van der Waals surface area contributed by atoms with E-state index in [0.717, 1.165) is 33.4 Å². The summed E-state index contributed by atoms with van der Waals surface area (Å²) in [5.41, 5.74) is 20.4. The van der Waals surface area contributed by atoms with Crippen molar-refractivity contribution < 1.29 is 23.2 Å². The van der Waals surface area contributed by atoms with E-state index in [2.05, 4.69) is 10.6 Å². The number of hydrogen-bond donors (Lipinski definition) is 4. The molecule has 2 amide bonds. The molecule has 250 valence electrons. The minimum atomic E-state index is -2.82. The highest BCUT2D eigenvalue weighted by Gasteiger charge is 2.12. The maximum atomic E-state index is 12.9. The highest BCUT2D eigenvalue weighted by Crippen LogP contribution is 2.30. The SMILES string of the molecule is Nc1ccc(-c2ccccc2)cc1NC(=O)c1ccc(CO[PH](=O)OCc2ccc(C(=O)Nc3cc(-c4ccccc4)ccc3N)cc2)cc1. The van der Waals surface area contributed by atoms with Gasteiger partial charge >= 0.3 is 8.25 Å². The molecule has 0 aliphatic rings. The summed E-state index contributed by atoms with van der Waals surface area (Å²) < 4.78 is 23.3. The van der Waals surface area contributed by atoms with Gasteiger partial charge in [-0.3, -0.25) is 14.2 Å². The van der Waals surface area contributed by atoms with Crippen LogP contribution in [0.4, 0.5) is 22.7 Å². The third-order valence-corrected chi connectivity index (χ3v) is 8.72. The fraction of sp³-hybridized carbons (Fsp3) is 0.0500. The van der Waals surface area contributed by atoms with E-state index in [0.29, 0.717) is 33.9 Å². The lowest BCUT2D eigenvalue weighted by atomic mass is 10.0. The highest BCUT2D eigenvalue weighted by atomic mass is 31.1. The number of nitrogens with one attached hydrogen (secondary N) is 2. The molecular weight excluding hydrogens is 647 g/mol. The van der Waals surface area contributed by atoms with Crippen LogP contribution in [-0.2, 0) is 26.8 Å². The van der Waals surface area contributed by atoms with Gasteiger partial charge in [0.05, 0.1) is 36.0 Å². The van der Waals surface area contributed by atoms with Gasteiger partial charge in [0, 0.05) is 11.1 Å². The molecule has 0 fully saturated rings. The van der Waals surface area contributed by atoms with Gasteiger partial charge in [-0.2, -0.15) is 0 Å². The van der Waals surface area contributed by atoms with Gasteiger partial charge in [-0.1, -0.05) is 97.1 Å². The van der Waals surface area contributed by atoms with E-state index in [4.69, 9.17) is 20.5 Å². The largest absolute Gasteiger partial charge is 0.397 e. The molecule has 0 saturated carbocycles. The Hall–Kier alpha value is -5.99. The lowest BCUT2D eigenvalue weighted by Crippen LogP contribution is -2.13. The number of carbonyl (C=O) groups is 2. The molecule has 0 aliphatic carbocycles. The van der Waals surface area contributed by atoms with Crippen molar-refractivity contribution in [2.24, 2.45) is 0 Å². The van der Waals surface area contributed by atoms with Crippen molar-refractivity contribution in [2.75, 3.05) is 22.1 Å². The lowest BCUT2D eigenvalue weighted by molar-refractivity contribution is 0.101. The Kier molecular flexibility index (Phi) is 10.8. The molecule has 0 bridgehead atoms. The topological polar surface area (TPSA) is 146 Å². The van der Waals surface area contributed by atoms with Gasteiger partial charge in [-0.05, 0) is 81.9 Å². The van der Waals surface area contributed by atoms with Crippen molar-refractivity contribution in [3.8, 4) is 22.3 Å². The Morgan fingerprint density at radius 3 is 1.26 bits per heavy atom. The van der Waals surface area contributed by atoms with Gasteiger partial charge in [0.15, 0.2) is 0 Å². The number of anilines is 4. The number of rotatable bonds is 12. The van der Waals surface area contributed by atoms with E-state index in [1.54, 1.807) is 60.7 Å². The van der Waals surface area contributed by atoms with Crippen LogP contribution in [-0.4, -0.2) is 11.8 Å². The lowest BCUT2D eigenvalue weighted by Gasteiger charge is -2.12. The molecule has 0 aromatic heterocycles. The molecule has 0 aliphatic heterocycles. The quantitative estimate of drug-likeness (QED) is 0.0745. The van der Waals surface area contributed by atoms with Gasteiger partial charge < -0.3 is 31.1 Å². The molecule has 0 unspecified atom stereocenters. The summed E-state index contributed by atoms with van der Waals surface area (Å²) in [6.07, 6.45) is 0. The van der Waals surface area contributed by atoms with Crippen LogP contribution >= 0.6 is 8.25 Å². The Bertz CT molecular complexity index is 1970. The zero-order valence-corrected chi connectivity index (χ0v) is 28.0. The van der Waals surface area contributed by atoms with E-state index in [1.807, 2.05) is 84.9 Å². The van der Waals surface area contributed by atoms with Crippen LogP contribution in [0.15, 0.2) is 146 Å². The summed E-state index contributed by atoms with van der Waals surface area (Å²) in [6.45, 7) is 0.0823. The molecule has 0 saturated heterocycles. The third-order valence-electron chi connectivity index (χ3n) is 7.96. The van der Waals surface area contributed by atoms with E-state index in [1.165, 1.54) is 0 Å². The third kappa shape index (κ3) is 8.72. The summed E-state index contributed by atoms with van der Waals surface area (Å²) in [7, 11) is -2.82. The standard InChI is InChI=1S/C40H35N4O5P/c41-35-21-19-33(29-7-3-1-4-8-29)23-37(35)43-39(45)31-15-11-27(12-16-31)25-48-50(47)49-26-28-13-17-32(18-14-28)40(46)44-38-24-34(20-22-36(38)42)30-9-5-2-6-10-30/h1-24,50H,25-26,41-42H2,(H,43,45)(H,44,46). The van der Waals surface area contributed by atoms with Crippen molar-refractivity contribution in [1.82, 2.24) is 0 Å². The molecule has 0 heterocycles. The second-order valence-corrected chi connectivity index (χ2v) is 12.5. The van der Waals surface area contributed by atoms with Crippen LogP contribution in [0.3, 0.4) is 0 Å². The first-order chi connectivity index (χ1) is 24.3. The highest BCUT2D eigenvalue weighted by molar-refractivity contribution is 7.33. The predicted molar refractivity (Wildman–Crippen MR) is 200 cm³/mol. The minimum Gasteiger partial charge on any atom is -0.397 e. The number of benzene rings is 6. The van der Waals surface area contributed by atoms with Gasteiger partial charge in [-0.15, -0.1) is 0 Å². The van der Waals surface area contributed by atoms with E-state index in [-0.39, 0.29) is 25.0 Å². The number of carbonyl (C=O) groups excluding carboxylic acids is 2. The molecule has 6 aromatic rings. The zero-order chi connectivity index (χ0) is 34.9. The van der Waals surface area contributed by atoms with Crippen LogP contribution in [0.2, 0.25) is 0 Å². The second kappa shape index (κ2) is 15.9. The molecule has 10 heteroatoms. The Morgan fingerprint density at radius 1 is 0.500 bits per heavy atom. The molecule has 0 atom stereocenters. The van der Waals surface area contributed by atoms with Crippen LogP contribution in [0.25, 0.3) is 22.3 Å². The van der Waals surface area contributed by atoms with Crippen LogP contribution in [0.1, 0.15) is 31.8 Å². The van der Waals surface area contributed by atoms with Crippen molar-refractivity contribution >= 4 is 42.8 Å². The first-order valence-electron chi connectivity index (χ1n) is 15.8. The van der Waals surface area contributed by atoms with Crippen LogP contribution < -0.4 is 22.1 Å². The average Bonchev–Trinajstić information content (AvgIpc) is 3.16. The van der Waals surface area contributed by atoms with Crippen LogP contribution in [0.5, 0.6) is 0 Å². The Labute approximate surface area is 290 Å². The number of amides is 2. The van der Waals surface area contributed by atoms with Gasteiger partial charge in [0.1, 0.15) is 0 Å². The summed E-state index contributed by atoms with van der Waals surface area (Å²) in [5.74, 6) is -0.618. The molecule has 6 N–H and O–H groups in total. The number of nitrogens with two attached hydrogens (primary N) is 2. The fourth-order valence-electron chi connectivity index (χ4n) is 5.17. The first kappa shape index (κ1) is 33.9. The summed E-state index contributed by atoms with van der Waals surface area (Å²) in [4.78, 5) is 25.9. The van der Waals surface area contributed by atoms with Crippen molar-refractivity contribution in [1.29, 1.82) is 0 Å². The summed E-state index contributed by atoms with van der Waals surface area (Å²) in [6, 6.07) is 44.2. The first-order valence-corrected chi connectivity index (χ1v) is 17.0. The van der Waals surface area contributed by atoms with Crippen molar-refractivity contribution in [2.45, 2.75) is 13.2 Å². The fourth-order valence-corrected chi connectivity index (χ4v) is 5.82. The zero-order valence-electron chi connectivity index (χ0n) is 27.0. The molecule has 6 aromatic carbocycles. The molecule has 0 spiro atoms. The smallest absolute Gasteiger partial charge is 0.319 e. The predicted octanol–water partition coefficient (Wildman–Crippen LogP) is 8.81. The second-order valence-electron chi connectivity index (χ2n) is 11.5. The molecular formula is C40H35N4O5P. The molecule has 9 nitrogen and oxygen atoms in total. The molecule has 50 heavy (non-hydrogen) atoms. The minimum absolute atomic E-state index is 0.0411. The summed E-state index contributed by atoms with van der Waals surface area (Å²) in [5, 5.41) is 5.76. The van der Waals surface area contributed by atoms with E-state index in [9.17, 15) is 14.2 Å². The summed E-state index contributed by atoms with van der Waals surface area (Å²) >= 11 is 0. The Morgan fingerprint density at radius 2 is 0.880 bits per heavy atom. The van der Waals surface area contributed by atoms with E-state index >= 15 is 0 Å². The van der Waals surface area contributed by atoms with Crippen LogP contribution in [0, 0.1) is 0 Å². The molecule has 0 radical (unpaired) electrons. The molecule has 6 rings (SSSR count). The monoisotopic (exact) mass is 682 g/mol. The maximum Gasteiger partial charge on any atom is 0.319 e. The number of hydrogen-bond acceptors (Lipinski definition) is 7. The van der Waals surface area contributed by atoms with Gasteiger partial charge in [-0.25, -0.2) is 0 Å². The van der Waals surface area contributed by atoms with Crippen molar-refractivity contribution in [3.05, 3.63) is 168 Å². The van der Waals surface area contributed by atoms with Gasteiger partial charge in [0.25, 0.3) is 11.8 Å². The normalized spacial score (nSPS) is 10.9. The maximum absolute atomic E-state index is 12.9. The average molecular weight is 683 g/mol. The van der Waals surface area contributed by atoms with Gasteiger partial charge in [0.2, 0.25) is 0 Å². The van der Waals surface area contributed by atoms with E-state index < -0.39 is 8.25 Å². The Balaban J connectivity index is 0.964. The van der Waals surface area contributed by atoms with Crippen molar-refractivity contribution in [3.63, 3.8) is 0 Å². The number of nitrogen functional groups attached to an aromatic ring is 2.